The molecule has 0 bridgehead atoms. The summed E-state index contributed by atoms with van der Waals surface area (Å²) >= 11 is 0. The zero-order valence-corrected chi connectivity index (χ0v) is 10.2. The maximum atomic E-state index is 10.4. The van der Waals surface area contributed by atoms with Crippen molar-refractivity contribution < 1.29 is 9.59 Å². The van der Waals surface area contributed by atoms with Gasteiger partial charge in [-0.05, 0) is 49.1 Å². The van der Waals surface area contributed by atoms with E-state index < -0.39 is 0 Å². The SMILES string of the molecule is Cc1cc(C)c(N=CC=O)c(C)c1C=CC=O. The van der Waals surface area contributed by atoms with Gasteiger partial charge in [-0.2, -0.15) is 0 Å². The van der Waals surface area contributed by atoms with Crippen LogP contribution in [0.4, 0.5) is 5.69 Å². The molecule has 1 rings (SSSR count). The van der Waals surface area contributed by atoms with Gasteiger partial charge in [0, 0.05) is 0 Å². The summed E-state index contributed by atoms with van der Waals surface area (Å²) < 4.78 is 0. The molecule has 88 valence electrons. The van der Waals surface area contributed by atoms with Crippen molar-refractivity contribution in [1.82, 2.24) is 0 Å². The molecule has 0 spiro atoms. The van der Waals surface area contributed by atoms with Crippen LogP contribution in [0.3, 0.4) is 0 Å². The predicted molar refractivity (Wildman–Crippen MR) is 70.0 cm³/mol. The first-order valence-electron chi connectivity index (χ1n) is 5.32. The number of nitrogens with zero attached hydrogens (tertiary/aromatic N) is 1. The Morgan fingerprint density at radius 1 is 1.06 bits per heavy atom. The van der Waals surface area contributed by atoms with E-state index in [4.69, 9.17) is 0 Å². The van der Waals surface area contributed by atoms with E-state index in [1.54, 1.807) is 6.08 Å². The molecule has 0 aliphatic heterocycles. The summed E-state index contributed by atoms with van der Waals surface area (Å²) in [6.45, 7) is 5.87. The Balaban J connectivity index is 3.41. The summed E-state index contributed by atoms with van der Waals surface area (Å²) in [6.07, 6.45) is 5.85. The standard InChI is InChI=1S/C14H15NO2/c1-10-9-11(2)14(15-6-8-17)12(3)13(10)5-4-7-16/h4-9H,1-3H3. The van der Waals surface area contributed by atoms with Crippen LogP contribution in [0.5, 0.6) is 0 Å². The van der Waals surface area contributed by atoms with E-state index in [1.165, 1.54) is 12.3 Å². The summed E-state index contributed by atoms with van der Waals surface area (Å²) in [5, 5.41) is 0. The summed E-state index contributed by atoms with van der Waals surface area (Å²) in [4.78, 5) is 24.8. The topological polar surface area (TPSA) is 46.5 Å². The Hall–Kier alpha value is -2.03. The Morgan fingerprint density at radius 3 is 2.35 bits per heavy atom. The molecular formula is C14H15NO2. The van der Waals surface area contributed by atoms with Crippen molar-refractivity contribution >= 4 is 30.6 Å². The molecular weight excluding hydrogens is 214 g/mol. The van der Waals surface area contributed by atoms with Crippen molar-refractivity contribution in [2.24, 2.45) is 4.99 Å². The highest BCUT2D eigenvalue weighted by atomic mass is 16.1. The molecule has 3 nitrogen and oxygen atoms in total. The fraction of sp³-hybridized carbons (Fsp3) is 0.214. The molecule has 0 unspecified atom stereocenters. The first-order chi connectivity index (χ1) is 8.11. The van der Waals surface area contributed by atoms with Crippen LogP contribution in [0, 0.1) is 20.8 Å². The van der Waals surface area contributed by atoms with Gasteiger partial charge in [0.25, 0.3) is 0 Å². The molecule has 17 heavy (non-hydrogen) atoms. The van der Waals surface area contributed by atoms with Crippen LogP contribution in [0.25, 0.3) is 6.08 Å². The molecule has 0 aliphatic carbocycles. The van der Waals surface area contributed by atoms with Gasteiger partial charge in [0.15, 0.2) is 6.29 Å². The zero-order valence-electron chi connectivity index (χ0n) is 10.2. The number of aliphatic imine (C=N–C) groups is 1. The molecule has 0 aliphatic rings. The molecule has 0 radical (unpaired) electrons. The van der Waals surface area contributed by atoms with E-state index in [-0.39, 0.29) is 0 Å². The van der Waals surface area contributed by atoms with Crippen molar-refractivity contribution in [3.63, 3.8) is 0 Å². The third-order valence-corrected chi connectivity index (χ3v) is 2.60. The number of carbonyl (C=O) groups is 2. The van der Waals surface area contributed by atoms with E-state index in [0.717, 1.165) is 34.2 Å². The van der Waals surface area contributed by atoms with Crippen LogP contribution < -0.4 is 0 Å². The molecule has 0 atom stereocenters. The van der Waals surface area contributed by atoms with Crippen LogP contribution in [0.2, 0.25) is 0 Å². The Morgan fingerprint density at radius 2 is 1.76 bits per heavy atom. The fourth-order valence-corrected chi connectivity index (χ4v) is 1.89. The average molecular weight is 229 g/mol. The highest BCUT2D eigenvalue weighted by Crippen LogP contribution is 2.29. The monoisotopic (exact) mass is 229 g/mol. The molecule has 0 amide bonds. The van der Waals surface area contributed by atoms with E-state index in [1.807, 2.05) is 26.8 Å². The maximum absolute atomic E-state index is 10.4. The van der Waals surface area contributed by atoms with Crippen LogP contribution in [-0.4, -0.2) is 18.8 Å². The Bertz CT molecular complexity index is 457. The molecule has 0 heterocycles. The van der Waals surface area contributed by atoms with Crippen LogP contribution in [0.1, 0.15) is 22.3 Å². The highest BCUT2D eigenvalue weighted by Gasteiger charge is 2.07. The van der Waals surface area contributed by atoms with Gasteiger partial charge in [0.05, 0.1) is 11.9 Å². The second-order valence-electron chi connectivity index (χ2n) is 3.81. The van der Waals surface area contributed by atoms with Crippen LogP contribution >= 0.6 is 0 Å². The smallest absolute Gasteiger partial charge is 0.161 e. The summed E-state index contributed by atoms with van der Waals surface area (Å²) in [5.74, 6) is 0. The minimum Gasteiger partial charge on any atom is -0.299 e. The number of allylic oxidation sites excluding steroid dienone is 1. The van der Waals surface area contributed by atoms with E-state index in [9.17, 15) is 9.59 Å². The van der Waals surface area contributed by atoms with Crippen LogP contribution in [-0.2, 0) is 9.59 Å². The molecule has 1 aromatic carbocycles. The molecule has 0 aromatic heterocycles. The van der Waals surface area contributed by atoms with Crippen LogP contribution in [0.15, 0.2) is 17.1 Å². The summed E-state index contributed by atoms with van der Waals surface area (Å²) in [5.41, 5.74) is 4.83. The lowest BCUT2D eigenvalue weighted by Gasteiger charge is -2.11. The van der Waals surface area contributed by atoms with Crippen molar-refractivity contribution in [1.29, 1.82) is 0 Å². The Kier molecular flexibility index (Phi) is 4.52. The van der Waals surface area contributed by atoms with Crippen molar-refractivity contribution in [3.05, 3.63) is 34.4 Å². The third kappa shape index (κ3) is 2.97. The van der Waals surface area contributed by atoms with E-state index >= 15 is 0 Å². The number of benzene rings is 1. The Labute approximate surface area is 101 Å². The van der Waals surface area contributed by atoms with Gasteiger partial charge in [-0.1, -0.05) is 12.1 Å². The average Bonchev–Trinajstić information content (AvgIpc) is 2.28. The first kappa shape index (κ1) is 13.0. The quantitative estimate of drug-likeness (QED) is 0.452. The lowest BCUT2D eigenvalue weighted by molar-refractivity contribution is -0.104. The number of hydrogen-bond donors (Lipinski definition) is 0. The van der Waals surface area contributed by atoms with Gasteiger partial charge < -0.3 is 0 Å². The fourth-order valence-electron chi connectivity index (χ4n) is 1.89. The van der Waals surface area contributed by atoms with Crippen molar-refractivity contribution in [2.75, 3.05) is 0 Å². The third-order valence-electron chi connectivity index (χ3n) is 2.60. The zero-order chi connectivity index (χ0) is 12.8. The summed E-state index contributed by atoms with van der Waals surface area (Å²) in [6, 6.07) is 1.99. The molecule has 0 N–H and O–H groups in total. The maximum Gasteiger partial charge on any atom is 0.161 e. The van der Waals surface area contributed by atoms with Crippen molar-refractivity contribution in [3.8, 4) is 0 Å². The molecule has 1 aromatic rings. The predicted octanol–water partition coefficient (Wildman–Crippen LogP) is 2.73. The normalized spacial score (nSPS) is 11.2. The molecule has 3 heteroatoms. The molecule has 0 saturated carbocycles. The van der Waals surface area contributed by atoms with E-state index in [0.29, 0.717) is 6.29 Å². The van der Waals surface area contributed by atoms with Gasteiger partial charge in [-0.3, -0.25) is 14.6 Å². The highest BCUT2D eigenvalue weighted by molar-refractivity contribution is 6.13. The number of aryl methyl sites for hydroxylation is 2. The molecule has 0 saturated heterocycles. The van der Waals surface area contributed by atoms with Gasteiger partial charge in [-0.15, -0.1) is 0 Å². The van der Waals surface area contributed by atoms with Gasteiger partial charge in [-0.25, -0.2) is 0 Å². The van der Waals surface area contributed by atoms with E-state index in [2.05, 4.69) is 4.99 Å². The number of carbonyl (C=O) groups excluding carboxylic acids is 2. The van der Waals surface area contributed by atoms with Gasteiger partial charge in [0.2, 0.25) is 0 Å². The number of hydrogen-bond acceptors (Lipinski definition) is 3. The second kappa shape index (κ2) is 5.89. The second-order valence-corrected chi connectivity index (χ2v) is 3.81. The molecule has 0 fully saturated rings. The van der Waals surface area contributed by atoms with Gasteiger partial charge >= 0.3 is 0 Å². The summed E-state index contributed by atoms with van der Waals surface area (Å²) in [7, 11) is 0. The van der Waals surface area contributed by atoms with Gasteiger partial charge in [0.1, 0.15) is 6.29 Å². The first-order valence-corrected chi connectivity index (χ1v) is 5.32. The minimum atomic E-state index is 0.652. The van der Waals surface area contributed by atoms with Crippen molar-refractivity contribution in [2.45, 2.75) is 20.8 Å². The number of aldehydes is 2. The number of rotatable bonds is 4. The lowest BCUT2D eigenvalue weighted by Crippen LogP contribution is -1.91. The minimum absolute atomic E-state index is 0.652. The largest absolute Gasteiger partial charge is 0.299 e. The lowest BCUT2D eigenvalue weighted by atomic mass is 9.97.